The quantitative estimate of drug-likeness (QED) is 0.909. The zero-order chi connectivity index (χ0) is 14.8. The van der Waals surface area contributed by atoms with E-state index >= 15 is 0 Å². The van der Waals surface area contributed by atoms with Gasteiger partial charge in [-0.2, -0.15) is 0 Å². The smallest absolute Gasteiger partial charge is 0.133 e. The van der Waals surface area contributed by atoms with Crippen LogP contribution in [0.15, 0.2) is 24.3 Å². The number of hydrogen-bond donors (Lipinski definition) is 2. The van der Waals surface area contributed by atoms with E-state index in [0.717, 1.165) is 29.3 Å². The molecular weight excluding hydrogens is 262 g/mol. The first kappa shape index (κ1) is 14.0. The number of aromatic hydroxyl groups is 1. The maximum absolute atomic E-state index is 9.33. The van der Waals surface area contributed by atoms with Gasteiger partial charge in [-0.25, -0.2) is 9.97 Å². The van der Waals surface area contributed by atoms with Gasteiger partial charge in [-0.1, -0.05) is 12.1 Å². The van der Waals surface area contributed by atoms with E-state index in [9.17, 15) is 5.11 Å². The summed E-state index contributed by atoms with van der Waals surface area (Å²) in [5.41, 5.74) is 4.53. The van der Waals surface area contributed by atoms with E-state index in [1.165, 1.54) is 18.4 Å². The third kappa shape index (κ3) is 3.05. The van der Waals surface area contributed by atoms with Crippen LogP contribution in [-0.4, -0.2) is 21.6 Å². The number of phenols is 1. The lowest BCUT2D eigenvalue weighted by molar-refractivity contribution is 0.475. The molecule has 0 aliphatic carbocycles. The molecule has 21 heavy (non-hydrogen) atoms. The van der Waals surface area contributed by atoms with Crippen molar-refractivity contribution in [2.24, 2.45) is 0 Å². The Hall–Kier alpha value is -1.94. The molecule has 4 nitrogen and oxygen atoms in total. The van der Waals surface area contributed by atoms with E-state index in [-0.39, 0.29) is 5.75 Å². The maximum atomic E-state index is 9.33. The molecule has 1 atom stereocenters. The first-order chi connectivity index (χ1) is 10.1. The summed E-state index contributed by atoms with van der Waals surface area (Å²) in [4.78, 5) is 9.37. The molecule has 1 aromatic heterocycles. The highest BCUT2D eigenvalue weighted by Crippen LogP contribution is 2.27. The van der Waals surface area contributed by atoms with Gasteiger partial charge >= 0.3 is 0 Å². The van der Waals surface area contributed by atoms with Crippen molar-refractivity contribution in [3.63, 3.8) is 0 Å². The minimum absolute atomic E-state index is 0.287. The van der Waals surface area contributed by atoms with Gasteiger partial charge in [0.25, 0.3) is 0 Å². The van der Waals surface area contributed by atoms with Gasteiger partial charge in [0.05, 0.1) is 0 Å². The summed E-state index contributed by atoms with van der Waals surface area (Å²) in [5, 5.41) is 12.9. The van der Waals surface area contributed by atoms with Crippen LogP contribution in [0.3, 0.4) is 0 Å². The summed E-state index contributed by atoms with van der Waals surface area (Å²) in [6.07, 6.45) is 3.08. The van der Waals surface area contributed by atoms with Crippen LogP contribution in [0.4, 0.5) is 0 Å². The lowest BCUT2D eigenvalue weighted by Crippen LogP contribution is -2.17. The molecule has 0 bridgehead atoms. The first-order valence-corrected chi connectivity index (χ1v) is 7.49. The Morgan fingerprint density at radius 2 is 1.81 bits per heavy atom. The van der Waals surface area contributed by atoms with E-state index in [2.05, 4.69) is 29.1 Å². The molecule has 0 amide bonds. The van der Waals surface area contributed by atoms with Crippen molar-refractivity contribution >= 4 is 0 Å². The number of aromatic nitrogens is 2. The molecule has 0 spiro atoms. The minimum Gasteiger partial charge on any atom is -0.508 e. The Kier molecular flexibility index (Phi) is 3.88. The minimum atomic E-state index is 0.287. The lowest BCUT2D eigenvalue weighted by atomic mass is 10.0. The summed E-state index contributed by atoms with van der Waals surface area (Å²) < 4.78 is 0. The van der Waals surface area contributed by atoms with Crippen LogP contribution in [0.25, 0.3) is 0 Å². The van der Waals surface area contributed by atoms with Crippen molar-refractivity contribution in [2.75, 3.05) is 6.54 Å². The Labute approximate surface area is 125 Å². The summed E-state index contributed by atoms with van der Waals surface area (Å²) in [7, 11) is 0. The molecule has 1 saturated heterocycles. The summed E-state index contributed by atoms with van der Waals surface area (Å²) >= 11 is 0. The molecule has 0 radical (unpaired) electrons. The second-order valence-corrected chi connectivity index (χ2v) is 5.72. The normalized spacial score (nSPS) is 18.1. The zero-order valence-corrected chi connectivity index (χ0v) is 12.6. The third-order valence-corrected chi connectivity index (χ3v) is 4.08. The highest BCUT2D eigenvalue weighted by molar-refractivity contribution is 5.31. The van der Waals surface area contributed by atoms with Crippen LogP contribution < -0.4 is 5.32 Å². The molecule has 1 aliphatic rings. The molecule has 3 rings (SSSR count). The van der Waals surface area contributed by atoms with E-state index in [1.54, 1.807) is 12.1 Å². The number of rotatable bonds is 3. The van der Waals surface area contributed by atoms with Gasteiger partial charge in [-0.05, 0) is 50.9 Å². The van der Waals surface area contributed by atoms with Gasteiger partial charge < -0.3 is 10.4 Å². The molecule has 1 aliphatic heterocycles. The fourth-order valence-corrected chi connectivity index (χ4v) is 3.11. The van der Waals surface area contributed by atoms with Crippen molar-refractivity contribution in [2.45, 2.75) is 39.2 Å². The largest absolute Gasteiger partial charge is 0.508 e. The highest BCUT2D eigenvalue weighted by Gasteiger charge is 2.21. The van der Waals surface area contributed by atoms with Crippen molar-refractivity contribution in [3.05, 3.63) is 52.6 Å². The molecule has 0 saturated carbocycles. The van der Waals surface area contributed by atoms with Gasteiger partial charge in [0.1, 0.15) is 11.6 Å². The summed E-state index contributed by atoms with van der Waals surface area (Å²) in [6.45, 7) is 5.23. The molecule has 110 valence electrons. The third-order valence-electron chi connectivity index (χ3n) is 4.08. The van der Waals surface area contributed by atoms with Gasteiger partial charge in [0.15, 0.2) is 0 Å². The van der Waals surface area contributed by atoms with Crippen LogP contribution in [0.1, 0.15) is 47.2 Å². The second kappa shape index (κ2) is 5.82. The van der Waals surface area contributed by atoms with Crippen LogP contribution >= 0.6 is 0 Å². The molecule has 2 heterocycles. The molecule has 2 aromatic rings. The Bertz CT molecular complexity index is 608. The number of nitrogens with zero attached hydrogens (tertiary/aromatic N) is 2. The average molecular weight is 283 g/mol. The fraction of sp³-hybridized carbons (Fsp3) is 0.412. The van der Waals surface area contributed by atoms with Crippen LogP contribution in [0.5, 0.6) is 5.75 Å². The van der Waals surface area contributed by atoms with Gasteiger partial charge in [-0.15, -0.1) is 0 Å². The van der Waals surface area contributed by atoms with Crippen molar-refractivity contribution in [1.82, 2.24) is 15.3 Å². The Morgan fingerprint density at radius 3 is 2.38 bits per heavy atom. The van der Waals surface area contributed by atoms with E-state index < -0.39 is 0 Å². The fourth-order valence-electron chi connectivity index (χ4n) is 3.11. The standard InChI is InChI=1S/C17H21N3O/c1-11-17(15-4-3-9-18-15)12(2)20-16(19-11)10-13-5-7-14(21)8-6-13/h5-8,15,18,21H,3-4,9-10H2,1-2H3. The van der Waals surface area contributed by atoms with Crippen LogP contribution in [0.2, 0.25) is 0 Å². The van der Waals surface area contributed by atoms with Gasteiger partial charge in [0, 0.05) is 29.4 Å². The zero-order valence-electron chi connectivity index (χ0n) is 12.6. The SMILES string of the molecule is Cc1nc(Cc2ccc(O)cc2)nc(C)c1C1CCCN1. The van der Waals surface area contributed by atoms with E-state index in [4.69, 9.17) is 0 Å². The van der Waals surface area contributed by atoms with Crippen LogP contribution in [0, 0.1) is 13.8 Å². The van der Waals surface area contributed by atoms with Crippen molar-refractivity contribution < 1.29 is 5.11 Å². The lowest BCUT2D eigenvalue weighted by Gasteiger charge is -2.16. The number of aryl methyl sites for hydroxylation is 2. The summed E-state index contributed by atoms with van der Waals surface area (Å²) in [6, 6.07) is 7.64. The number of phenolic OH excluding ortho intramolecular Hbond substituents is 1. The number of nitrogens with one attached hydrogen (secondary N) is 1. The topological polar surface area (TPSA) is 58.0 Å². The Balaban J connectivity index is 1.85. The molecule has 4 heteroatoms. The predicted molar refractivity (Wildman–Crippen MR) is 82.4 cm³/mol. The first-order valence-electron chi connectivity index (χ1n) is 7.49. The second-order valence-electron chi connectivity index (χ2n) is 5.72. The van der Waals surface area contributed by atoms with E-state index in [0.29, 0.717) is 12.5 Å². The van der Waals surface area contributed by atoms with Gasteiger partial charge in [0.2, 0.25) is 0 Å². The van der Waals surface area contributed by atoms with Crippen molar-refractivity contribution in [1.29, 1.82) is 0 Å². The molecule has 1 aromatic carbocycles. The highest BCUT2D eigenvalue weighted by atomic mass is 16.3. The molecule has 1 fully saturated rings. The van der Waals surface area contributed by atoms with Crippen LogP contribution in [-0.2, 0) is 6.42 Å². The predicted octanol–water partition coefficient (Wildman–Crippen LogP) is 2.81. The monoisotopic (exact) mass is 283 g/mol. The van der Waals surface area contributed by atoms with Crippen molar-refractivity contribution in [3.8, 4) is 5.75 Å². The van der Waals surface area contributed by atoms with Gasteiger partial charge in [-0.3, -0.25) is 0 Å². The summed E-state index contributed by atoms with van der Waals surface area (Å²) in [5.74, 6) is 1.13. The maximum Gasteiger partial charge on any atom is 0.133 e. The number of benzene rings is 1. The molecule has 2 N–H and O–H groups in total. The molecular formula is C17H21N3O. The van der Waals surface area contributed by atoms with E-state index in [1.807, 2.05) is 12.1 Å². The average Bonchev–Trinajstić information content (AvgIpc) is 2.94. The number of hydrogen-bond acceptors (Lipinski definition) is 4. The molecule has 1 unspecified atom stereocenters. The Morgan fingerprint density at radius 1 is 1.14 bits per heavy atom.